The van der Waals surface area contributed by atoms with Gasteiger partial charge in [-0.2, -0.15) is 9.29 Å². The molecule has 1 aromatic carbocycles. The van der Waals surface area contributed by atoms with Gasteiger partial charge in [0.15, 0.2) is 5.82 Å². The van der Waals surface area contributed by atoms with Crippen molar-refractivity contribution in [3.63, 3.8) is 0 Å². The van der Waals surface area contributed by atoms with Crippen molar-refractivity contribution in [1.29, 1.82) is 0 Å². The number of benzene rings is 1. The summed E-state index contributed by atoms with van der Waals surface area (Å²) in [4.78, 5) is 3.63. The fraction of sp³-hybridized carbons (Fsp3) is 0.429. The third-order valence-electron chi connectivity index (χ3n) is 4.11. The van der Waals surface area contributed by atoms with Crippen LogP contribution in [-0.4, -0.2) is 36.0 Å². The second kappa shape index (κ2) is 5.07. The van der Waals surface area contributed by atoms with E-state index in [2.05, 4.69) is 10.1 Å². The van der Waals surface area contributed by atoms with Gasteiger partial charge >= 0.3 is 0 Å². The summed E-state index contributed by atoms with van der Waals surface area (Å²) in [5.41, 5.74) is 0. The van der Waals surface area contributed by atoms with Crippen LogP contribution in [-0.2, 0) is 10.0 Å². The van der Waals surface area contributed by atoms with Crippen molar-refractivity contribution < 1.29 is 21.7 Å². The molecular weight excluding hydrogens is 328 g/mol. The standard InChI is InChI=1S/C14H13F2N3O3S/c15-10-3-4-11(16)12(5-10)23(20,21)19-6-9(7-19)14-17-13(18-22-14)8-1-2-8/h3-5,8-9H,1-2,6-7H2. The molecule has 23 heavy (non-hydrogen) atoms. The highest BCUT2D eigenvalue weighted by atomic mass is 32.2. The molecule has 0 unspecified atom stereocenters. The Hall–Kier alpha value is -1.87. The monoisotopic (exact) mass is 341 g/mol. The third kappa shape index (κ3) is 2.53. The van der Waals surface area contributed by atoms with E-state index in [0.717, 1.165) is 29.3 Å². The lowest BCUT2D eigenvalue weighted by atomic mass is 10.0. The molecule has 0 bridgehead atoms. The lowest BCUT2D eigenvalue weighted by Gasteiger charge is -2.35. The number of nitrogens with zero attached hydrogens (tertiary/aromatic N) is 3. The van der Waals surface area contributed by atoms with Gasteiger partial charge < -0.3 is 4.52 Å². The fourth-order valence-electron chi connectivity index (χ4n) is 2.52. The van der Waals surface area contributed by atoms with E-state index in [4.69, 9.17) is 4.52 Å². The highest BCUT2D eigenvalue weighted by molar-refractivity contribution is 7.89. The molecule has 1 aliphatic carbocycles. The number of hydrogen-bond donors (Lipinski definition) is 0. The van der Waals surface area contributed by atoms with E-state index >= 15 is 0 Å². The highest BCUT2D eigenvalue weighted by Crippen LogP contribution is 2.39. The van der Waals surface area contributed by atoms with Gasteiger partial charge in [0.2, 0.25) is 15.9 Å². The minimum Gasteiger partial charge on any atom is -0.339 e. The predicted molar refractivity (Wildman–Crippen MR) is 74.1 cm³/mol. The molecule has 2 heterocycles. The Bertz CT molecular complexity index is 858. The van der Waals surface area contributed by atoms with E-state index in [9.17, 15) is 17.2 Å². The topological polar surface area (TPSA) is 76.3 Å². The lowest BCUT2D eigenvalue weighted by molar-refractivity contribution is 0.216. The summed E-state index contributed by atoms with van der Waals surface area (Å²) < 4.78 is 57.8. The van der Waals surface area contributed by atoms with Crippen LogP contribution >= 0.6 is 0 Å². The maximum absolute atomic E-state index is 13.7. The third-order valence-corrected chi connectivity index (χ3v) is 5.95. The maximum Gasteiger partial charge on any atom is 0.246 e. The van der Waals surface area contributed by atoms with E-state index in [1.807, 2.05) is 0 Å². The van der Waals surface area contributed by atoms with Gasteiger partial charge in [-0.15, -0.1) is 0 Å². The van der Waals surface area contributed by atoms with Gasteiger partial charge in [0.25, 0.3) is 0 Å². The van der Waals surface area contributed by atoms with Gasteiger partial charge in [-0.05, 0) is 31.0 Å². The summed E-state index contributed by atoms with van der Waals surface area (Å²) in [5, 5.41) is 3.89. The molecule has 2 aromatic rings. The Balaban J connectivity index is 1.50. The van der Waals surface area contributed by atoms with Gasteiger partial charge in [0, 0.05) is 19.0 Å². The van der Waals surface area contributed by atoms with Crippen molar-refractivity contribution in [2.45, 2.75) is 29.6 Å². The molecule has 6 nitrogen and oxygen atoms in total. The summed E-state index contributed by atoms with van der Waals surface area (Å²) in [6, 6.07) is 2.38. The van der Waals surface area contributed by atoms with E-state index in [-0.39, 0.29) is 19.0 Å². The zero-order valence-corrected chi connectivity index (χ0v) is 12.8. The summed E-state index contributed by atoms with van der Waals surface area (Å²) >= 11 is 0. The van der Waals surface area contributed by atoms with Crippen LogP contribution in [0.25, 0.3) is 0 Å². The van der Waals surface area contributed by atoms with Crippen LogP contribution in [0.1, 0.15) is 36.4 Å². The molecule has 1 saturated heterocycles. The molecule has 0 radical (unpaired) electrons. The average Bonchev–Trinajstić information content (AvgIpc) is 3.19. The minimum atomic E-state index is -4.07. The lowest BCUT2D eigenvalue weighted by Crippen LogP contribution is -2.48. The van der Waals surface area contributed by atoms with Gasteiger partial charge in [-0.3, -0.25) is 0 Å². The molecule has 1 aromatic heterocycles. The van der Waals surface area contributed by atoms with Crippen molar-refractivity contribution >= 4 is 10.0 Å². The van der Waals surface area contributed by atoms with Crippen LogP contribution in [0.15, 0.2) is 27.6 Å². The largest absolute Gasteiger partial charge is 0.339 e. The van der Waals surface area contributed by atoms with Crippen LogP contribution < -0.4 is 0 Å². The predicted octanol–water partition coefficient (Wildman–Crippen LogP) is 2.01. The van der Waals surface area contributed by atoms with Crippen molar-refractivity contribution in [3.8, 4) is 0 Å². The van der Waals surface area contributed by atoms with Crippen LogP contribution in [0, 0.1) is 11.6 Å². The van der Waals surface area contributed by atoms with Gasteiger partial charge in [0.1, 0.15) is 16.5 Å². The summed E-state index contributed by atoms with van der Waals surface area (Å²) in [5.74, 6) is -0.553. The van der Waals surface area contributed by atoms with Crippen LogP contribution in [0.5, 0.6) is 0 Å². The Morgan fingerprint density at radius 3 is 2.61 bits per heavy atom. The number of hydrogen-bond acceptors (Lipinski definition) is 5. The van der Waals surface area contributed by atoms with E-state index in [0.29, 0.717) is 23.7 Å². The normalized spacial score (nSPS) is 19.7. The Morgan fingerprint density at radius 1 is 1.17 bits per heavy atom. The van der Waals surface area contributed by atoms with Crippen molar-refractivity contribution in [3.05, 3.63) is 41.5 Å². The van der Waals surface area contributed by atoms with Crippen LogP contribution in [0.4, 0.5) is 8.78 Å². The first-order valence-corrected chi connectivity index (χ1v) is 8.68. The molecular formula is C14H13F2N3O3S. The first-order valence-electron chi connectivity index (χ1n) is 7.24. The van der Waals surface area contributed by atoms with E-state index < -0.39 is 26.6 Å². The second-order valence-electron chi connectivity index (χ2n) is 5.86. The highest BCUT2D eigenvalue weighted by Gasteiger charge is 2.42. The van der Waals surface area contributed by atoms with Crippen LogP contribution in [0.3, 0.4) is 0 Å². The molecule has 122 valence electrons. The van der Waals surface area contributed by atoms with Crippen molar-refractivity contribution in [2.75, 3.05) is 13.1 Å². The molecule has 0 N–H and O–H groups in total. The van der Waals surface area contributed by atoms with E-state index in [1.54, 1.807) is 0 Å². The molecule has 0 atom stereocenters. The molecule has 2 aliphatic rings. The number of sulfonamides is 1. The Kier molecular flexibility index (Phi) is 3.24. The molecule has 0 spiro atoms. The number of halogens is 2. The summed E-state index contributed by atoms with van der Waals surface area (Å²) in [7, 11) is -4.07. The van der Waals surface area contributed by atoms with E-state index in [1.165, 1.54) is 0 Å². The minimum absolute atomic E-state index is 0.116. The Morgan fingerprint density at radius 2 is 1.91 bits per heavy atom. The molecule has 1 saturated carbocycles. The molecule has 1 aliphatic heterocycles. The smallest absolute Gasteiger partial charge is 0.246 e. The van der Waals surface area contributed by atoms with Crippen molar-refractivity contribution in [1.82, 2.24) is 14.4 Å². The molecule has 4 rings (SSSR count). The van der Waals surface area contributed by atoms with Gasteiger partial charge in [-0.25, -0.2) is 17.2 Å². The first kappa shape index (κ1) is 14.7. The Labute approximate surface area is 131 Å². The first-order chi connectivity index (χ1) is 10.9. The maximum atomic E-state index is 13.7. The number of aromatic nitrogens is 2. The molecule has 2 fully saturated rings. The number of rotatable bonds is 4. The van der Waals surface area contributed by atoms with Gasteiger partial charge in [-0.1, -0.05) is 5.16 Å². The zero-order valence-electron chi connectivity index (χ0n) is 11.9. The summed E-state index contributed by atoms with van der Waals surface area (Å²) in [6.45, 7) is 0.231. The summed E-state index contributed by atoms with van der Waals surface area (Å²) in [6.07, 6.45) is 2.09. The van der Waals surface area contributed by atoms with Crippen molar-refractivity contribution in [2.24, 2.45) is 0 Å². The average molecular weight is 341 g/mol. The zero-order chi connectivity index (χ0) is 16.2. The molecule has 9 heteroatoms. The van der Waals surface area contributed by atoms with Crippen LogP contribution in [0.2, 0.25) is 0 Å². The fourth-order valence-corrected chi connectivity index (χ4v) is 4.13. The molecule has 0 amide bonds. The SMILES string of the molecule is O=S(=O)(c1cc(F)ccc1F)N1CC(c2nc(C3CC3)no2)C1. The second-order valence-corrected chi connectivity index (χ2v) is 7.77. The quantitative estimate of drug-likeness (QED) is 0.850. The van der Waals surface area contributed by atoms with Gasteiger partial charge in [0.05, 0.1) is 5.92 Å².